The van der Waals surface area contributed by atoms with Crippen LogP contribution in [0, 0.1) is 0 Å². The van der Waals surface area contributed by atoms with Crippen LogP contribution in [-0.4, -0.2) is 6.54 Å². The van der Waals surface area contributed by atoms with Gasteiger partial charge in [0.1, 0.15) is 11.1 Å². The van der Waals surface area contributed by atoms with Crippen LogP contribution in [0.5, 0.6) is 0 Å². The maximum Gasteiger partial charge on any atom is 0.347 e. The molecule has 4 nitrogen and oxygen atoms in total. The molecule has 2 aromatic heterocycles. The Hall–Kier alpha value is -1.66. The lowest BCUT2D eigenvalue weighted by Crippen LogP contribution is -3.00. The van der Waals surface area contributed by atoms with Crippen molar-refractivity contribution in [3.63, 3.8) is 0 Å². The number of halogens is 1. The largest absolute Gasteiger partial charge is 1.00 e. The minimum atomic E-state index is -0.276. The van der Waals surface area contributed by atoms with Gasteiger partial charge in [0, 0.05) is 10.8 Å². The van der Waals surface area contributed by atoms with Gasteiger partial charge in [0.25, 0.3) is 0 Å². The molecule has 0 aliphatic rings. The van der Waals surface area contributed by atoms with E-state index in [-0.39, 0.29) is 22.6 Å². The maximum atomic E-state index is 12.5. The zero-order chi connectivity index (χ0) is 17.6. The van der Waals surface area contributed by atoms with Crippen LogP contribution in [0.2, 0.25) is 0 Å². The highest BCUT2D eigenvalue weighted by Crippen LogP contribution is 2.24. The molecule has 3 rings (SSSR count). The summed E-state index contributed by atoms with van der Waals surface area (Å²) in [7, 11) is 0. The van der Waals surface area contributed by atoms with Crippen LogP contribution in [0.4, 0.5) is 5.13 Å². The molecule has 1 aromatic carbocycles. The van der Waals surface area contributed by atoms with Crippen molar-refractivity contribution < 1.29 is 26.0 Å². The van der Waals surface area contributed by atoms with Crippen LogP contribution >= 0.6 is 11.3 Å². The zero-order valence-corrected chi connectivity index (χ0v) is 17.7. The second-order valence-corrected chi connectivity index (χ2v) is 7.06. The van der Waals surface area contributed by atoms with Crippen molar-refractivity contribution >= 4 is 27.4 Å². The first-order valence-corrected chi connectivity index (χ1v) is 9.91. The molecule has 0 saturated heterocycles. The number of thiazole rings is 1. The van der Waals surface area contributed by atoms with E-state index in [1.807, 2.05) is 30.3 Å². The van der Waals surface area contributed by atoms with Crippen molar-refractivity contribution in [2.24, 2.45) is 0 Å². The van der Waals surface area contributed by atoms with Gasteiger partial charge < -0.3 is 21.4 Å². The van der Waals surface area contributed by atoms with Gasteiger partial charge in [0.15, 0.2) is 5.69 Å². The Morgan fingerprint density at radius 2 is 1.92 bits per heavy atom. The number of anilines is 1. The van der Waals surface area contributed by atoms with Crippen LogP contribution in [0.15, 0.2) is 44.9 Å². The van der Waals surface area contributed by atoms with Crippen LogP contribution in [0.1, 0.15) is 39.5 Å². The highest BCUT2D eigenvalue weighted by molar-refractivity contribution is 7.13. The van der Waals surface area contributed by atoms with Crippen molar-refractivity contribution in [3.8, 4) is 11.3 Å². The van der Waals surface area contributed by atoms with Crippen molar-refractivity contribution in [1.82, 2.24) is 0 Å². The lowest BCUT2D eigenvalue weighted by atomic mass is 10.1. The summed E-state index contributed by atoms with van der Waals surface area (Å²) in [6.07, 6.45) is 4.49. The van der Waals surface area contributed by atoms with E-state index in [1.54, 1.807) is 11.3 Å². The first-order chi connectivity index (χ1) is 12.2. The summed E-state index contributed by atoms with van der Waals surface area (Å²) >= 11 is 1.66. The Kier molecular flexibility index (Phi) is 7.85. The third-order valence-electron chi connectivity index (χ3n) is 4.28. The molecule has 0 aliphatic carbocycles. The van der Waals surface area contributed by atoms with Crippen LogP contribution in [0.25, 0.3) is 22.2 Å². The third kappa shape index (κ3) is 4.54. The van der Waals surface area contributed by atoms with Gasteiger partial charge in [-0.2, -0.15) is 0 Å². The molecule has 0 aliphatic heterocycles. The van der Waals surface area contributed by atoms with Gasteiger partial charge in [-0.15, -0.1) is 0 Å². The third-order valence-corrected chi connectivity index (χ3v) is 5.21. The van der Waals surface area contributed by atoms with E-state index in [4.69, 9.17) is 4.42 Å². The Balaban J connectivity index is 0.00000243. The van der Waals surface area contributed by atoms with Gasteiger partial charge >= 0.3 is 10.8 Å². The number of nitrogens with zero attached hydrogens (tertiary/aromatic N) is 1. The molecule has 2 heterocycles. The van der Waals surface area contributed by atoms with E-state index in [0.29, 0.717) is 11.1 Å². The minimum absolute atomic E-state index is 0. The number of hydrogen-bond donors (Lipinski definition) is 1. The fourth-order valence-electron chi connectivity index (χ4n) is 2.85. The molecule has 140 valence electrons. The molecule has 0 bridgehead atoms. The Morgan fingerprint density at radius 3 is 2.69 bits per heavy atom. The zero-order valence-electron chi connectivity index (χ0n) is 15.3. The lowest BCUT2D eigenvalue weighted by molar-refractivity contribution is -0.668. The molecule has 0 fully saturated rings. The first-order valence-electron chi connectivity index (χ1n) is 9.03. The van der Waals surface area contributed by atoms with E-state index in [9.17, 15) is 4.79 Å². The fraction of sp³-hybridized carbons (Fsp3) is 0.400. The number of hydrogen-bond acceptors (Lipinski definition) is 4. The fourth-order valence-corrected chi connectivity index (χ4v) is 3.82. The lowest BCUT2D eigenvalue weighted by Gasteiger charge is -2.06. The molecule has 1 N–H and O–H groups in total. The summed E-state index contributed by atoms with van der Waals surface area (Å²) in [6.45, 7) is 6.22. The predicted octanol–water partition coefficient (Wildman–Crippen LogP) is 1.83. The summed E-state index contributed by atoms with van der Waals surface area (Å²) in [5.41, 5.74) is 1.93. The summed E-state index contributed by atoms with van der Waals surface area (Å²) in [5, 5.41) is 7.64. The first kappa shape index (κ1) is 20.6. The predicted molar refractivity (Wildman–Crippen MR) is 104 cm³/mol. The monoisotopic (exact) mass is 436 g/mol. The molecule has 26 heavy (non-hydrogen) atoms. The average molecular weight is 437 g/mol. The van der Waals surface area contributed by atoms with Crippen LogP contribution in [0.3, 0.4) is 0 Å². The van der Waals surface area contributed by atoms with Crippen LogP contribution < -0.4 is 32.5 Å². The number of rotatable bonds is 8. The highest BCUT2D eigenvalue weighted by Gasteiger charge is 2.21. The quantitative estimate of drug-likeness (QED) is 0.332. The van der Waals surface area contributed by atoms with E-state index >= 15 is 0 Å². The molecular formula is C20H25BrN2O2S. The smallest absolute Gasteiger partial charge is 0.347 e. The van der Waals surface area contributed by atoms with E-state index in [0.717, 1.165) is 55.0 Å². The normalized spacial score (nSPS) is 10.7. The number of fused-ring (bicyclic) bond motifs is 1. The van der Waals surface area contributed by atoms with Crippen molar-refractivity contribution in [2.45, 2.75) is 46.1 Å². The Labute approximate surface area is 168 Å². The Morgan fingerprint density at radius 1 is 1.15 bits per heavy atom. The molecule has 6 heteroatoms. The van der Waals surface area contributed by atoms with Gasteiger partial charge in [-0.05, 0) is 25.0 Å². The number of unbranched alkanes of at least 4 members (excludes halogenated alkanes) is 2. The number of aromatic nitrogens is 1. The molecule has 0 atom stereocenters. The molecule has 0 unspecified atom stereocenters. The second-order valence-electron chi connectivity index (χ2n) is 6.20. The van der Waals surface area contributed by atoms with E-state index in [1.165, 1.54) is 0 Å². The van der Waals surface area contributed by atoms with Gasteiger partial charge in [-0.3, -0.25) is 5.32 Å². The summed E-state index contributed by atoms with van der Waals surface area (Å²) in [6, 6.07) is 9.60. The standard InChI is InChI=1S/C20H24N2O2S.BrH/c1-3-5-11-21-20-22(12-6-4-2)17(14-25-20)16-13-15-9-7-8-10-18(15)24-19(16)23;/h7-10,13-14H,3-6,11-12H2,1-2H3;1H. The molecule has 0 amide bonds. The second kappa shape index (κ2) is 9.88. The highest BCUT2D eigenvalue weighted by atomic mass is 79.9. The van der Waals surface area contributed by atoms with Gasteiger partial charge in [-0.1, -0.05) is 56.2 Å². The van der Waals surface area contributed by atoms with E-state index in [2.05, 4.69) is 29.1 Å². The van der Waals surface area contributed by atoms with Crippen molar-refractivity contribution in [2.75, 3.05) is 11.9 Å². The minimum Gasteiger partial charge on any atom is -1.00 e. The summed E-state index contributed by atoms with van der Waals surface area (Å²) in [4.78, 5) is 12.5. The van der Waals surface area contributed by atoms with Crippen LogP contribution in [-0.2, 0) is 6.54 Å². The topological polar surface area (TPSA) is 46.1 Å². The average Bonchev–Trinajstić information content (AvgIpc) is 3.02. The number of para-hydroxylation sites is 1. The summed E-state index contributed by atoms with van der Waals surface area (Å²) < 4.78 is 7.76. The summed E-state index contributed by atoms with van der Waals surface area (Å²) in [5.74, 6) is 0. The maximum absolute atomic E-state index is 12.5. The molecular weight excluding hydrogens is 412 g/mol. The number of nitrogens with one attached hydrogen (secondary N) is 1. The van der Waals surface area contributed by atoms with E-state index < -0.39 is 0 Å². The molecule has 0 radical (unpaired) electrons. The molecule has 3 aromatic rings. The van der Waals surface area contributed by atoms with Gasteiger partial charge in [-0.25, -0.2) is 9.36 Å². The molecule has 0 saturated carbocycles. The van der Waals surface area contributed by atoms with Gasteiger partial charge in [0.05, 0.1) is 13.1 Å². The Bertz CT molecular complexity index is 904. The molecule has 0 spiro atoms. The van der Waals surface area contributed by atoms with Crippen molar-refractivity contribution in [1.29, 1.82) is 0 Å². The number of benzene rings is 1. The SMILES string of the molecule is CCCCNc1scc(-c2cc3ccccc3oc2=O)[n+]1CCCC.[Br-]. The van der Waals surface area contributed by atoms with Crippen molar-refractivity contribution in [3.05, 3.63) is 46.1 Å². The van der Waals surface area contributed by atoms with Gasteiger partial charge in [0.2, 0.25) is 0 Å².